The van der Waals surface area contributed by atoms with Gasteiger partial charge in [0.2, 0.25) is 0 Å². The molecule has 0 aliphatic rings. The van der Waals surface area contributed by atoms with Crippen LogP contribution in [0.3, 0.4) is 0 Å². The molecule has 0 aromatic carbocycles. The summed E-state index contributed by atoms with van der Waals surface area (Å²) in [5, 5.41) is 53.4. The van der Waals surface area contributed by atoms with Crippen LogP contribution in [0.2, 0.25) is 0 Å². The second kappa shape index (κ2) is 13.6. The Morgan fingerprint density at radius 2 is 1.42 bits per heavy atom. The van der Waals surface area contributed by atoms with Crippen molar-refractivity contribution in [1.29, 1.82) is 0 Å². The van der Waals surface area contributed by atoms with Gasteiger partial charge in [-0.15, -0.1) is 30.3 Å². The van der Waals surface area contributed by atoms with Crippen molar-refractivity contribution in [3.05, 3.63) is 30.3 Å². The minimum atomic E-state index is -1.50. The van der Waals surface area contributed by atoms with E-state index < -0.39 is 33.9 Å². The molecular weight excluding hydrogens is 278 g/mol. The summed E-state index contributed by atoms with van der Waals surface area (Å²) in [6, 6.07) is 0. The van der Waals surface area contributed by atoms with E-state index in [9.17, 15) is 10.1 Å². The first-order valence-corrected chi connectivity index (χ1v) is 4.27. The zero-order valence-electron chi connectivity index (χ0n) is 9.56. The van der Waals surface area contributed by atoms with Crippen molar-refractivity contribution in [2.75, 3.05) is 13.2 Å². The molecule has 4 N–H and O–H groups in total. The Hall–Kier alpha value is -2.48. The minimum absolute atomic E-state index is 0.220. The van der Waals surface area contributed by atoms with E-state index in [1.807, 2.05) is 0 Å². The van der Waals surface area contributed by atoms with Crippen LogP contribution >= 0.6 is 0 Å². The van der Waals surface area contributed by atoms with Crippen molar-refractivity contribution in [3.8, 4) is 0 Å². The topological polar surface area (TPSA) is 220 Å². The fourth-order valence-corrected chi connectivity index (χ4v) is 0.423. The molecule has 0 bridgehead atoms. The van der Waals surface area contributed by atoms with Crippen molar-refractivity contribution in [3.63, 3.8) is 0 Å². The average molecular weight is 291 g/mol. The molecule has 2 unspecified atom stereocenters. The second-order valence-corrected chi connectivity index (χ2v) is 2.72. The molecule has 0 amide bonds. The minimum Gasteiger partial charge on any atom is -0.396 e. The summed E-state index contributed by atoms with van der Waals surface area (Å²) in [6.45, 7) is 0.949. The number of nitrogens with zero attached hydrogens (tertiary/aromatic N) is 3. The predicted octanol–water partition coefficient (Wildman–Crippen LogP) is -1.51. The van der Waals surface area contributed by atoms with Crippen LogP contribution in [0.1, 0.15) is 6.92 Å². The van der Waals surface area contributed by atoms with E-state index in [0.29, 0.717) is 0 Å². The van der Waals surface area contributed by atoms with Gasteiger partial charge >= 0.3 is 0 Å². The van der Waals surface area contributed by atoms with Crippen LogP contribution < -0.4 is 0 Å². The predicted molar refractivity (Wildman–Crippen MR) is 52.8 cm³/mol. The lowest BCUT2D eigenvalue weighted by Crippen LogP contribution is -2.27. The molecule has 2 atom stereocenters. The van der Waals surface area contributed by atoms with Crippen LogP contribution in [-0.2, 0) is 4.84 Å². The molecule has 0 radical (unpaired) electrons. The van der Waals surface area contributed by atoms with Gasteiger partial charge in [-0.1, -0.05) is 6.92 Å². The summed E-state index contributed by atoms with van der Waals surface area (Å²) in [6.07, 6.45) is -0.995. The Labute approximate surface area is 104 Å². The molecule has 114 valence electrons. The SMILES string of the molecule is CC(CO)C(O)CO[N+](=O)[O-].O=[N+]([O-])O.O=[N+]([O-])O. The molecule has 0 aliphatic carbocycles. The molecule has 0 saturated heterocycles. The maximum absolute atomic E-state index is 9.62. The highest BCUT2D eigenvalue weighted by Crippen LogP contribution is 2.01. The lowest BCUT2D eigenvalue weighted by atomic mass is 10.1. The monoisotopic (exact) mass is 291 g/mol. The normalized spacial score (nSPS) is 11.5. The maximum Gasteiger partial charge on any atom is 0.294 e. The third kappa shape index (κ3) is 39.1. The molecule has 0 fully saturated rings. The van der Waals surface area contributed by atoms with Crippen molar-refractivity contribution < 1.29 is 40.7 Å². The molecule has 14 nitrogen and oxygen atoms in total. The molecule has 0 saturated carbocycles. The highest BCUT2D eigenvalue weighted by Gasteiger charge is 2.14. The maximum atomic E-state index is 9.62. The molecule has 0 rings (SSSR count). The van der Waals surface area contributed by atoms with Crippen molar-refractivity contribution in [2.45, 2.75) is 13.0 Å². The molecular formula is C5H13N3O11. The van der Waals surface area contributed by atoms with Gasteiger partial charge in [0, 0.05) is 12.5 Å². The third-order valence-corrected chi connectivity index (χ3v) is 1.30. The van der Waals surface area contributed by atoms with Crippen LogP contribution in [0.25, 0.3) is 0 Å². The van der Waals surface area contributed by atoms with Gasteiger partial charge in [-0.3, -0.25) is 0 Å². The van der Waals surface area contributed by atoms with Gasteiger partial charge in [-0.2, -0.15) is 0 Å². The first-order chi connectivity index (χ1) is 8.54. The molecule has 14 heteroatoms. The quantitative estimate of drug-likeness (QED) is 0.336. The average Bonchev–Trinajstić information content (AvgIpc) is 2.23. The molecule has 0 spiro atoms. The van der Waals surface area contributed by atoms with E-state index in [1.165, 1.54) is 0 Å². The highest BCUT2D eigenvalue weighted by molar-refractivity contribution is 4.60. The first-order valence-electron chi connectivity index (χ1n) is 4.27. The van der Waals surface area contributed by atoms with Crippen molar-refractivity contribution in [2.24, 2.45) is 5.92 Å². The Balaban J connectivity index is -0.000000264. The van der Waals surface area contributed by atoms with Crippen LogP contribution in [0.5, 0.6) is 0 Å². The van der Waals surface area contributed by atoms with Crippen LogP contribution in [0.4, 0.5) is 0 Å². The Morgan fingerprint density at radius 1 is 1.11 bits per heavy atom. The number of aliphatic hydroxyl groups excluding tert-OH is 2. The fourth-order valence-electron chi connectivity index (χ4n) is 0.423. The molecule has 0 heterocycles. The number of hydrogen-bond donors (Lipinski definition) is 4. The van der Waals surface area contributed by atoms with Gasteiger partial charge in [0.25, 0.3) is 15.3 Å². The second-order valence-electron chi connectivity index (χ2n) is 2.72. The van der Waals surface area contributed by atoms with Crippen LogP contribution in [0, 0.1) is 36.3 Å². The summed E-state index contributed by atoms with van der Waals surface area (Å²) in [5.41, 5.74) is 0. The van der Waals surface area contributed by atoms with E-state index in [0.717, 1.165) is 0 Å². The van der Waals surface area contributed by atoms with E-state index in [1.54, 1.807) is 6.92 Å². The summed E-state index contributed by atoms with van der Waals surface area (Å²) in [4.78, 5) is 30.2. The number of hydrogen-bond acceptors (Lipinski definition) is 9. The zero-order chi connectivity index (χ0) is 16.0. The molecule has 0 aliphatic heterocycles. The molecule has 0 aromatic heterocycles. The lowest BCUT2D eigenvalue weighted by molar-refractivity contribution is -0.759. The van der Waals surface area contributed by atoms with Crippen molar-refractivity contribution >= 4 is 0 Å². The number of rotatable bonds is 5. The van der Waals surface area contributed by atoms with Gasteiger partial charge < -0.3 is 25.5 Å². The van der Waals surface area contributed by atoms with Gasteiger partial charge in [-0.05, 0) is 0 Å². The summed E-state index contributed by atoms with van der Waals surface area (Å²) in [5.74, 6) is -0.407. The van der Waals surface area contributed by atoms with Crippen LogP contribution in [0.15, 0.2) is 0 Å². The Bertz CT molecular complexity index is 251. The van der Waals surface area contributed by atoms with E-state index in [-0.39, 0.29) is 6.61 Å². The van der Waals surface area contributed by atoms with Gasteiger partial charge in [0.1, 0.15) is 6.61 Å². The first kappa shape index (κ1) is 21.8. The summed E-state index contributed by atoms with van der Waals surface area (Å²) < 4.78 is 0. The van der Waals surface area contributed by atoms with E-state index >= 15 is 0 Å². The standard InChI is InChI=1S/C5H11NO5.2HNO3/c1-4(2-7)5(8)3-11-6(9)10;2*2-1(3)4/h4-5,7-8H,2-3H2,1H3;2*(H,2,3,4). The smallest absolute Gasteiger partial charge is 0.294 e. The zero-order valence-corrected chi connectivity index (χ0v) is 9.56. The highest BCUT2D eigenvalue weighted by atomic mass is 17.0. The summed E-state index contributed by atoms with van der Waals surface area (Å²) >= 11 is 0. The lowest BCUT2D eigenvalue weighted by Gasteiger charge is -2.14. The van der Waals surface area contributed by atoms with Gasteiger partial charge in [0.15, 0.2) is 0 Å². The Kier molecular flexibility index (Phi) is 15.6. The van der Waals surface area contributed by atoms with Crippen molar-refractivity contribution in [1.82, 2.24) is 0 Å². The van der Waals surface area contributed by atoms with Gasteiger partial charge in [0.05, 0.1) is 6.10 Å². The summed E-state index contributed by atoms with van der Waals surface area (Å²) in [7, 11) is 0. The number of aliphatic hydroxyl groups is 2. The molecule has 0 aromatic rings. The van der Waals surface area contributed by atoms with Gasteiger partial charge in [-0.25, -0.2) is 0 Å². The van der Waals surface area contributed by atoms with Crippen LogP contribution in [-0.4, -0.2) is 55.2 Å². The van der Waals surface area contributed by atoms with E-state index in [4.69, 9.17) is 40.9 Å². The molecule has 19 heavy (non-hydrogen) atoms. The largest absolute Gasteiger partial charge is 0.396 e. The van der Waals surface area contributed by atoms with E-state index in [2.05, 4.69) is 4.84 Å². The Morgan fingerprint density at radius 3 is 1.63 bits per heavy atom. The fraction of sp³-hybridized carbons (Fsp3) is 1.00. The third-order valence-electron chi connectivity index (χ3n) is 1.30.